The molecule has 1 saturated carbocycles. The van der Waals surface area contributed by atoms with Crippen LogP contribution in [-0.2, 0) is 9.59 Å². The zero-order chi connectivity index (χ0) is 14.7. The molecule has 1 heterocycles. The fourth-order valence-electron chi connectivity index (χ4n) is 3.68. The van der Waals surface area contributed by atoms with Crippen LogP contribution in [0.25, 0.3) is 0 Å². The number of fused-ring (bicyclic) bond motifs is 2. The van der Waals surface area contributed by atoms with E-state index in [2.05, 4.69) is 0 Å². The molecular formula is C16H18FNO2. The quantitative estimate of drug-likeness (QED) is 0.738. The molecule has 106 valence electrons. The van der Waals surface area contributed by atoms with Crippen molar-refractivity contribution in [2.24, 2.45) is 16.7 Å². The summed E-state index contributed by atoms with van der Waals surface area (Å²) in [6.45, 7) is 5.90. The van der Waals surface area contributed by atoms with E-state index in [4.69, 9.17) is 0 Å². The zero-order valence-electron chi connectivity index (χ0n) is 11.9. The molecule has 1 saturated heterocycles. The number of benzene rings is 1. The Labute approximate surface area is 117 Å². The Bertz CT molecular complexity index is 610. The average Bonchev–Trinajstić information content (AvgIpc) is 2.54. The first kappa shape index (κ1) is 13.3. The van der Waals surface area contributed by atoms with Gasteiger partial charge in [-0.2, -0.15) is 0 Å². The fourth-order valence-corrected chi connectivity index (χ4v) is 3.68. The minimum atomic E-state index is -0.558. The number of rotatable bonds is 1. The Morgan fingerprint density at radius 2 is 1.95 bits per heavy atom. The number of nitrogens with zero attached hydrogens (tertiary/aromatic N) is 1. The minimum absolute atomic E-state index is 0.173. The Balaban J connectivity index is 2.12. The molecule has 2 aliphatic rings. The van der Waals surface area contributed by atoms with Crippen molar-refractivity contribution in [3.8, 4) is 0 Å². The number of hydrogen-bond acceptors (Lipinski definition) is 2. The lowest BCUT2D eigenvalue weighted by Crippen LogP contribution is -2.59. The van der Waals surface area contributed by atoms with Crippen molar-refractivity contribution in [1.29, 1.82) is 0 Å². The highest BCUT2D eigenvalue weighted by molar-refractivity contribution is 6.20. The smallest absolute Gasteiger partial charge is 0.240 e. The van der Waals surface area contributed by atoms with Gasteiger partial charge in [0.05, 0.1) is 11.1 Å². The number of halogens is 1. The third kappa shape index (κ3) is 1.45. The van der Waals surface area contributed by atoms with Crippen molar-refractivity contribution in [3.05, 3.63) is 30.1 Å². The van der Waals surface area contributed by atoms with Gasteiger partial charge in [-0.15, -0.1) is 0 Å². The summed E-state index contributed by atoms with van der Waals surface area (Å²) in [6, 6.07) is 5.69. The van der Waals surface area contributed by atoms with Gasteiger partial charge in [0, 0.05) is 5.92 Å². The maximum Gasteiger partial charge on any atom is 0.240 e. The van der Waals surface area contributed by atoms with E-state index in [0.29, 0.717) is 12.1 Å². The summed E-state index contributed by atoms with van der Waals surface area (Å²) in [5.41, 5.74) is -0.559. The number of hydrogen-bond donors (Lipinski definition) is 0. The summed E-state index contributed by atoms with van der Waals surface area (Å²) in [4.78, 5) is 26.7. The number of carbonyl (C=O) groups excluding carboxylic acids is 2. The molecule has 1 aliphatic heterocycles. The van der Waals surface area contributed by atoms with Crippen molar-refractivity contribution in [1.82, 2.24) is 0 Å². The van der Waals surface area contributed by atoms with Crippen LogP contribution in [0.5, 0.6) is 0 Å². The van der Waals surface area contributed by atoms with E-state index >= 15 is 0 Å². The van der Waals surface area contributed by atoms with Gasteiger partial charge in [0.15, 0.2) is 0 Å². The third-order valence-corrected chi connectivity index (χ3v) is 5.49. The van der Waals surface area contributed by atoms with E-state index in [9.17, 15) is 14.0 Å². The van der Waals surface area contributed by atoms with E-state index < -0.39 is 11.2 Å². The predicted molar refractivity (Wildman–Crippen MR) is 73.5 cm³/mol. The third-order valence-electron chi connectivity index (χ3n) is 5.49. The summed E-state index contributed by atoms with van der Waals surface area (Å²) in [5.74, 6) is -1.01. The zero-order valence-corrected chi connectivity index (χ0v) is 11.9. The van der Waals surface area contributed by atoms with Crippen molar-refractivity contribution in [3.63, 3.8) is 0 Å². The molecule has 1 aliphatic carbocycles. The average molecular weight is 275 g/mol. The normalized spacial score (nSPS) is 31.8. The molecule has 0 N–H and O–H groups in total. The molecule has 0 spiro atoms. The Morgan fingerprint density at radius 3 is 2.60 bits per heavy atom. The van der Waals surface area contributed by atoms with Crippen LogP contribution in [0.2, 0.25) is 0 Å². The number of amides is 2. The second kappa shape index (κ2) is 3.90. The molecule has 2 bridgehead atoms. The van der Waals surface area contributed by atoms with Gasteiger partial charge in [0.25, 0.3) is 0 Å². The lowest BCUT2D eigenvalue weighted by molar-refractivity contribution is -0.146. The fraction of sp³-hybridized carbons (Fsp3) is 0.500. The van der Waals surface area contributed by atoms with Gasteiger partial charge in [-0.05, 0) is 36.5 Å². The molecule has 0 radical (unpaired) electrons. The number of anilines is 1. The van der Waals surface area contributed by atoms with E-state index in [1.54, 1.807) is 6.07 Å². The van der Waals surface area contributed by atoms with Gasteiger partial charge in [0.2, 0.25) is 11.8 Å². The molecular weight excluding hydrogens is 257 g/mol. The summed E-state index contributed by atoms with van der Waals surface area (Å²) < 4.78 is 13.4. The monoisotopic (exact) mass is 275 g/mol. The van der Waals surface area contributed by atoms with E-state index in [1.807, 2.05) is 20.8 Å². The van der Waals surface area contributed by atoms with E-state index in [1.165, 1.54) is 23.1 Å². The van der Waals surface area contributed by atoms with Gasteiger partial charge >= 0.3 is 0 Å². The first-order valence-corrected chi connectivity index (χ1v) is 6.93. The summed E-state index contributed by atoms with van der Waals surface area (Å²) in [7, 11) is 0. The van der Waals surface area contributed by atoms with Gasteiger partial charge in [-0.3, -0.25) is 9.59 Å². The second-order valence-corrected chi connectivity index (χ2v) is 6.60. The lowest BCUT2D eigenvalue weighted by Gasteiger charge is -2.47. The predicted octanol–water partition coefficient (Wildman–Crippen LogP) is 3.14. The molecule has 4 heteroatoms. The number of carbonyl (C=O) groups is 2. The number of piperidine rings is 1. The Kier molecular flexibility index (Phi) is 2.59. The highest BCUT2D eigenvalue weighted by Gasteiger charge is 2.64. The first-order chi connectivity index (χ1) is 9.29. The molecule has 20 heavy (non-hydrogen) atoms. The summed E-state index contributed by atoms with van der Waals surface area (Å²) in [6.07, 6.45) is 1.43. The first-order valence-electron chi connectivity index (χ1n) is 6.93. The largest absolute Gasteiger partial charge is 0.274 e. The van der Waals surface area contributed by atoms with Crippen LogP contribution in [0, 0.1) is 22.6 Å². The molecule has 0 aromatic heterocycles. The summed E-state index contributed by atoms with van der Waals surface area (Å²) in [5, 5.41) is 0. The standard InChI is InChI=1S/C16H18FNO2/c1-15(2)12-7-8-16(15,3)14(20)18(13(12)19)11-6-4-5-10(17)9-11/h4-6,9,12H,7-8H2,1-3H3/t12-,16-/m0/s1. The Morgan fingerprint density at radius 1 is 1.25 bits per heavy atom. The molecule has 2 atom stereocenters. The highest BCUT2D eigenvalue weighted by Crippen LogP contribution is 2.60. The van der Waals surface area contributed by atoms with E-state index in [-0.39, 0.29) is 23.1 Å². The molecule has 1 aromatic rings. The van der Waals surface area contributed by atoms with Crippen LogP contribution >= 0.6 is 0 Å². The maximum atomic E-state index is 13.4. The van der Waals surface area contributed by atoms with Crippen LogP contribution in [-0.4, -0.2) is 11.8 Å². The van der Waals surface area contributed by atoms with Crippen LogP contribution in [0.15, 0.2) is 24.3 Å². The van der Waals surface area contributed by atoms with E-state index in [0.717, 1.165) is 6.42 Å². The summed E-state index contributed by atoms with van der Waals surface area (Å²) >= 11 is 0. The topological polar surface area (TPSA) is 37.4 Å². The van der Waals surface area contributed by atoms with Gasteiger partial charge in [-0.1, -0.05) is 26.8 Å². The van der Waals surface area contributed by atoms with Crippen molar-refractivity contribution in [2.45, 2.75) is 33.6 Å². The van der Waals surface area contributed by atoms with Crippen molar-refractivity contribution < 1.29 is 14.0 Å². The van der Waals surface area contributed by atoms with Gasteiger partial charge in [-0.25, -0.2) is 9.29 Å². The minimum Gasteiger partial charge on any atom is -0.274 e. The van der Waals surface area contributed by atoms with Crippen molar-refractivity contribution in [2.75, 3.05) is 4.90 Å². The van der Waals surface area contributed by atoms with Crippen molar-refractivity contribution >= 4 is 17.5 Å². The highest BCUT2D eigenvalue weighted by atomic mass is 19.1. The van der Waals surface area contributed by atoms with Gasteiger partial charge < -0.3 is 0 Å². The maximum absolute atomic E-state index is 13.4. The SMILES string of the molecule is CC1(C)[C@H]2CC[C@@]1(C)C(=O)N(c1cccc(F)c1)C2=O. The second-order valence-electron chi connectivity index (χ2n) is 6.60. The Hall–Kier alpha value is -1.71. The van der Waals surface area contributed by atoms with Crippen LogP contribution in [0.1, 0.15) is 33.6 Å². The molecule has 2 amide bonds. The molecule has 0 unspecified atom stereocenters. The van der Waals surface area contributed by atoms with Crippen LogP contribution in [0.3, 0.4) is 0 Å². The lowest BCUT2D eigenvalue weighted by atomic mass is 9.62. The molecule has 1 aromatic carbocycles. The molecule has 3 nitrogen and oxygen atoms in total. The molecule has 3 rings (SSSR count). The van der Waals surface area contributed by atoms with Crippen LogP contribution < -0.4 is 4.90 Å². The number of imide groups is 1. The van der Waals surface area contributed by atoms with Crippen LogP contribution in [0.4, 0.5) is 10.1 Å². The molecule has 2 fully saturated rings. The van der Waals surface area contributed by atoms with Gasteiger partial charge in [0.1, 0.15) is 5.82 Å².